The molecule has 0 aliphatic heterocycles. The van der Waals surface area contributed by atoms with Crippen LogP contribution in [0.1, 0.15) is 39.0 Å². The summed E-state index contributed by atoms with van der Waals surface area (Å²) in [6, 6.07) is 0. The molecule has 2 N–H and O–H groups in total. The third-order valence-corrected chi connectivity index (χ3v) is 2.37. The van der Waals surface area contributed by atoms with Crippen molar-refractivity contribution in [3.05, 3.63) is 0 Å². The molecule has 0 saturated heterocycles. The molecule has 1 aliphatic carbocycles. The Morgan fingerprint density at radius 2 is 1.91 bits per heavy atom. The fourth-order valence-electron chi connectivity index (χ4n) is 1.72. The van der Waals surface area contributed by atoms with E-state index in [2.05, 4.69) is 5.32 Å². The quantitative estimate of drug-likeness (QED) is 0.611. The SMILES string of the molecule is CC1(NC(=O)O)CCCCC1. The van der Waals surface area contributed by atoms with Crippen LogP contribution in [0.2, 0.25) is 0 Å². The van der Waals surface area contributed by atoms with Crippen LogP contribution < -0.4 is 5.32 Å². The Hall–Kier alpha value is -0.730. The molecule has 0 unspecified atom stereocenters. The van der Waals surface area contributed by atoms with Gasteiger partial charge in [0, 0.05) is 5.54 Å². The first-order chi connectivity index (χ1) is 5.12. The van der Waals surface area contributed by atoms with Crippen molar-refractivity contribution < 1.29 is 9.90 Å². The second-order valence-corrected chi connectivity index (χ2v) is 3.55. The van der Waals surface area contributed by atoms with Gasteiger partial charge in [0.05, 0.1) is 0 Å². The first kappa shape index (κ1) is 8.37. The van der Waals surface area contributed by atoms with Gasteiger partial charge in [-0.05, 0) is 19.8 Å². The smallest absolute Gasteiger partial charge is 0.405 e. The maximum Gasteiger partial charge on any atom is 0.405 e. The van der Waals surface area contributed by atoms with Crippen molar-refractivity contribution in [3.8, 4) is 0 Å². The van der Waals surface area contributed by atoms with Gasteiger partial charge in [-0.25, -0.2) is 4.79 Å². The molecule has 0 bridgehead atoms. The summed E-state index contributed by atoms with van der Waals surface area (Å²) in [6.07, 6.45) is 4.62. The van der Waals surface area contributed by atoms with Crippen LogP contribution in [0.4, 0.5) is 4.79 Å². The minimum Gasteiger partial charge on any atom is -0.465 e. The molecule has 64 valence electrons. The molecule has 1 aliphatic rings. The van der Waals surface area contributed by atoms with Crippen molar-refractivity contribution in [1.29, 1.82) is 0 Å². The van der Waals surface area contributed by atoms with Crippen molar-refractivity contribution in [1.82, 2.24) is 5.32 Å². The predicted octanol–water partition coefficient (Wildman–Crippen LogP) is 1.98. The monoisotopic (exact) mass is 157 g/mol. The van der Waals surface area contributed by atoms with Gasteiger partial charge < -0.3 is 10.4 Å². The molecule has 0 aromatic carbocycles. The summed E-state index contributed by atoms with van der Waals surface area (Å²) in [5.74, 6) is 0. The summed E-state index contributed by atoms with van der Waals surface area (Å²) in [4.78, 5) is 10.4. The summed E-state index contributed by atoms with van der Waals surface area (Å²) in [5.41, 5.74) is -0.149. The van der Waals surface area contributed by atoms with Crippen LogP contribution in [0.15, 0.2) is 0 Å². The van der Waals surface area contributed by atoms with Gasteiger partial charge in [0.15, 0.2) is 0 Å². The molecule has 1 fully saturated rings. The molecule has 0 aromatic heterocycles. The second kappa shape index (κ2) is 3.11. The molecule has 1 saturated carbocycles. The molecule has 0 aromatic rings. The van der Waals surface area contributed by atoms with Crippen molar-refractivity contribution in [3.63, 3.8) is 0 Å². The van der Waals surface area contributed by atoms with Crippen molar-refractivity contribution in [2.75, 3.05) is 0 Å². The van der Waals surface area contributed by atoms with Crippen molar-refractivity contribution >= 4 is 6.09 Å². The van der Waals surface area contributed by atoms with E-state index in [1.165, 1.54) is 6.42 Å². The lowest BCUT2D eigenvalue weighted by Gasteiger charge is -2.33. The molecular formula is C8H15NO2. The average molecular weight is 157 g/mol. The fraction of sp³-hybridized carbons (Fsp3) is 0.875. The zero-order valence-corrected chi connectivity index (χ0v) is 6.89. The molecule has 3 nitrogen and oxygen atoms in total. The zero-order chi connectivity index (χ0) is 8.32. The number of carboxylic acid groups (broad SMARTS) is 1. The molecule has 3 heteroatoms. The normalized spacial score (nSPS) is 22.6. The van der Waals surface area contributed by atoms with E-state index in [0.29, 0.717) is 0 Å². The Morgan fingerprint density at radius 3 is 2.36 bits per heavy atom. The molecule has 1 rings (SSSR count). The predicted molar refractivity (Wildman–Crippen MR) is 42.7 cm³/mol. The lowest BCUT2D eigenvalue weighted by atomic mass is 9.83. The van der Waals surface area contributed by atoms with Crippen LogP contribution in [0.5, 0.6) is 0 Å². The Kier molecular flexibility index (Phi) is 2.37. The number of hydrogen-bond acceptors (Lipinski definition) is 1. The highest BCUT2D eigenvalue weighted by Gasteiger charge is 2.27. The van der Waals surface area contributed by atoms with Gasteiger partial charge in [0.1, 0.15) is 0 Å². The third kappa shape index (κ3) is 2.41. The van der Waals surface area contributed by atoms with E-state index in [0.717, 1.165) is 25.7 Å². The third-order valence-electron chi connectivity index (χ3n) is 2.37. The van der Waals surface area contributed by atoms with Gasteiger partial charge in [-0.3, -0.25) is 0 Å². The van der Waals surface area contributed by atoms with Crippen LogP contribution in [0.25, 0.3) is 0 Å². The van der Waals surface area contributed by atoms with Crippen LogP contribution in [-0.4, -0.2) is 16.7 Å². The van der Waals surface area contributed by atoms with Gasteiger partial charge in [-0.1, -0.05) is 19.3 Å². The lowest BCUT2D eigenvalue weighted by Crippen LogP contribution is -2.46. The van der Waals surface area contributed by atoms with E-state index in [1.54, 1.807) is 0 Å². The van der Waals surface area contributed by atoms with E-state index in [1.807, 2.05) is 6.92 Å². The summed E-state index contributed by atoms with van der Waals surface area (Å²) in [5, 5.41) is 11.1. The van der Waals surface area contributed by atoms with E-state index >= 15 is 0 Å². The topological polar surface area (TPSA) is 49.3 Å². The van der Waals surface area contributed by atoms with Gasteiger partial charge in [0.2, 0.25) is 0 Å². The molecule has 0 atom stereocenters. The lowest BCUT2D eigenvalue weighted by molar-refractivity contribution is 0.168. The summed E-state index contributed by atoms with van der Waals surface area (Å²) in [6.45, 7) is 1.99. The highest BCUT2D eigenvalue weighted by atomic mass is 16.4. The average Bonchev–Trinajstić information content (AvgIpc) is 1.85. The Balaban J connectivity index is 2.43. The molecule has 0 spiro atoms. The second-order valence-electron chi connectivity index (χ2n) is 3.55. The van der Waals surface area contributed by atoms with Crippen molar-refractivity contribution in [2.24, 2.45) is 0 Å². The first-order valence-electron chi connectivity index (χ1n) is 4.13. The Morgan fingerprint density at radius 1 is 1.36 bits per heavy atom. The first-order valence-corrected chi connectivity index (χ1v) is 4.13. The van der Waals surface area contributed by atoms with E-state index in [4.69, 9.17) is 5.11 Å². The van der Waals surface area contributed by atoms with E-state index in [9.17, 15) is 4.79 Å². The standard InChI is InChI=1S/C8H15NO2/c1-8(9-7(10)11)5-3-2-4-6-8/h9H,2-6H2,1H3,(H,10,11). The van der Waals surface area contributed by atoms with Gasteiger partial charge in [0.25, 0.3) is 0 Å². The molecule has 0 heterocycles. The van der Waals surface area contributed by atoms with Crippen LogP contribution in [-0.2, 0) is 0 Å². The van der Waals surface area contributed by atoms with E-state index < -0.39 is 6.09 Å². The maximum atomic E-state index is 10.4. The van der Waals surface area contributed by atoms with Gasteiger partial charge in [-0.2, -0.15) is 0 Å². The van der Waals surface area contributed by atoms with Crippen LogP contribution >= 0.6 is 0 Å². The number of rotatable bonds is 1. The molecule has 0 radical (unpaired) electrons. The zero-order valence-electron chi connectivity index (χ0n) is 6.89. The number of carbonyl (C=O) groups is 1. The maximum absolute atomic E-state index is 10.4. The van der Waals surface area contributed by atoms with E-state index in [-0.39, 0.29) is 5.54 Å². The Labute approximate surface area is 66.8 Å². The Bertz CT molecular complexity index is 150. The van der Waals surface area contributed by atoms with Gasteiger partial charge in [-0.15, -0.1) is 0 Å². The summed E-state index contributed by atoms with van der Waals surface area (Å²) >= 11 is 0. The van der Waals surface area contributed by atoms with Crippen molar-refractivity contribution in [2.45, 2.75) is 44.6 Å². The molecule has 1 amide bonds. The summed E-state index contributed by atoms with van der Waals surface area (Å²) in [7, 11) is 0. The molecular weight excluding hydrogens is 142 g/mol. The minimum atomic E-state index is -0.894. The highest BCUT2D eigenvalue weighted by Crippen LogP contribution is 2.27. The number of hydrogen-bond donors (Lipinski definition) is 2. The largest absolute Gasteiger partial charge is 0.465 e. The van der Waals surface area contributed by atoms with Gasteiger partial charge >= 0.3 is 6.09 Å². The van der Waals surface area contributed by atoms with Crippen LogP contribution in [0.3, 0.4) is 0 Å². The number of nitrogens with one attached hydrogen (secondary N) is 1. The number of amides is 1. The summed E-state index contributed by atoms with van der Waals surface area (Å²) < 4.78 is 0. The van der Waals surface area contributed by atoms with Crippen LogP contribution in [0, 0.1) is 0 Å². The highest BCUT2D eigenvalue weighted by molar-refractivity contribution is 5.65. The molecule has 11 heavy (non-hydrogen) atoms. The fourth-order valence-corrected chi connectivity index (χ4v) is 1.72. The minimum absolute atomic E-state index is 0.149.